The smallest absolute Gasteiger partial charge is 0.182 e. The van der Waals surface area contributed by atoms with Gasteiger partial charge in [-0.05, 0) is 57.4 Å². The second kappa shape index (κ2) is 4.49. The lowest BCUT2D eigenvalue weighted by atomic mass is 9.96. The summed E-state index contributed by atoms with van der Waals surface area (Å²) in [5.74, 6) is 0.244. The van der Waals surface area contributed by atoms with Gasteiger partial charge in [-0.15, -0.1) is 0 Å². The van der Waals surface area contributed by atoms with Crippen LogP contribution in [0.4, 0.5) is 0 Å². The molecule has 0 aliphatic carbocycles. The Morgan fingerprint density at radius 3 is 2.74 bits per heavy atom. The number of aromatic nitrogens is 1. The van der Waals surface area contributed by atoms with Crippen LogP contribution in [0.1, 0.15) is 40.0 Å². The summed E-state index contributed by atoms with van der Waals surface area (Å²) < 4.78 is 0. The Balaban J connectivity index is 2.17. The number of benzene rings is 1. The summed E-state index contributed by atoms with van der Waals surface area (Å²) in [7, 11) is 0. The molecule has 2 aromatic rings. The number of carbonyl (C=O) groups excluding carboxylic acids is 1. The van der Waals surface area contributed by atoms with Crippen molar-refractivity contribution in [3.63, 3.8) is 0 Å². The Bertz CT molecular complexity index is 648. The van der Waals surface area contributed by atoms with Gasteiger partial charge in [0, 0.05) is 22.2 Å². The predicted molar refractivity (Wildman–Crippen MR) is 77.9 cm³/mol. The van der Waals surface area contributed by atoms with Crippen LogP contribution in [0.25, 0.3) is 10.9 Å². The standard InChI is InChI=1S/C16H20N2O/c1-9-7-10(2)14-13(8-9)18-11(3)15(14)16(19)12-5-4-6-17-12/h7-8,12,17-18H,4-6H2,1-3H3. The summed E-state index contributed by atoms with van der Waals surface area (Å²) in [6, 6.07) is 4.27. The molecular formula is C16H20N2O. The van der Waals surface area contributed by atoms with Gasteiger partial charge in [-0.3, -0.25) is 4.79 Å². The van der Waals surface area contributed by atoms with Crippen molar-refractivity contribution in [2.24, 2.45) is 0 Å². The largest absolute Gasteiger partial charge is 0.358 e. The zero-order valence-corrected chi connectivity index (χ0v) is 11.8. The normalized spacial score (nSPS) is 19.2. The molecule has 1 unspecified atom stereocenters. The maximum absolute atomic E-state index is 12.7. The highest BCUT2D eigenvalue weighted by Crippen LogP contribution is 2.28. The maximum Gasteiger partial charge on any atom is 0.182 e. The SMILES string of the molecule is Cc1cc(C)c2c(C(=O)C3CCCN3)c(C)[nH]c2c1. The minimum atomic E-state index is -0.00148. The summed E-state index contributed by atoms with van der Waals surface area (Å²) >= 11 is 0. The van der Waals surface area contributed by atoms with Crippen LogP contribution in [0.3, 0.4) is 0 Å². The summed E-state index contributed by atoms with van der Waals surface area (Å²) in [6.45, 7) is 7.12. The molecule has 3 rings (SSSR count). The molecule has 3 heteroatoms. The average molecular weight is 256 g/mol. The number of Topliss-reactive ketones (excluding diaryl/α,β-unsaturated/α-hetero) is 1. The van der Waals surface area contributed by atoms with E-state index >= 15 is 0 Å². The number of nitrogens with one attached hydrogen (secondary N) is 2. The van der Waals surface area contributed by atoms with Crippen molar-refractivity contribution in [3.8, 4) is 0 Å². The van der Waals surface area contributed by atoms with Crippen molar-refractivity contribution in [1.29, 1.82) is 0 Å². The lowest BCUT2D eigenvalue weighted by Gasteiger charge is -2.10. The van der Waals surface area contributed by atoms with Crippen LogP contribution in [0.5, 0.6) is 0 Å². The van der Waals surface area contributed by atoms with E-state index in [4.69, 9.17) is 0 Å². The zero-order valence-electron chi connectivity index (χ0n) is 11.8. The van der Waals surface area contributed by atoms with Gasteiger partial charge in [0.05, 0.1) is 6.04 Å². The van der Waals surface area contributed by atoms with Crippen molar-refractivity contribution >= 4 is 16.7 Å². The Morgan fingerprint density at radius 2 is 2.05 bits per heavy atom. The summed E-state index contributed by atoms with van der Waals surface area (Å²) in [5, 5.41) is 4.40. The molecule has 1 aromatic carbocycles. The maximum atomic E-state index is 12.7. The highest BCUT2D eigenvalue weighted by molar-refractivity contribution is 6.12. The quantitative estimate of drug-likeness (QED) is 0.811. The molecule has 100 valence electrons. The van der Waals surface area contributed by atoms with Crippen LogP contribution in [0.15, 0.2) is 12.1 Å². The monoisotopic (exact) mass is 256 g/mol. The predicted octanol–water partition coefficient (Wildman–Crippen LogP) is 3.03. The minimum Gasteiger partial charge on any atom is -0.358 e. The van der Waals surface area contributed by atoms with Crippen LogP contribution in [0, 0.1) is 20.8 Å². The van der Waals surface area contributed by atoms with Gasteiger partial charge in [0.1, 0.15) is 0 Å². The van der Waals surface area contributed by atoms with E-state index in [1.165, 1.54) is 11.1 Å². The molecule has 0 radical (unpaired) electrons. The molecule has 2 N–H and O–H groups in total. The lowest BCUT2D eigenvalue weighted by molar-refractivity contribution is 0.0953. The summed E-state index contributed by atoms with van der Waals surface area (Å²) in [6.07, 6.45) is 2.05. The highest BCUT2D eigenvalue weighted by atomic mass is 16.1. The molecule has 0 bridgehead atoms. The first kappa shape index (κ1) is 12.4. The molecule has 1 aromatic heterocycles. The van der Waals surface area contributed by atoms with Gasteiger partial charge in [0.15, 0.2) is 5.78 Å². The molecule has 1 fully saturated rings. The van der Waals surface area contributed by atoms with E-state index in [9.17, 15) is 4.79 Å². The van der Waals surface area contributed by atoms with Crippen molar-refractivity contribution < 1.29 is 4.79 Å². The van der Waals surface area contributed by atoms with Gasteiger partial charge in [-0.2, -0.15) is 0 Å². The van der Waals surface area contributed by atoms with Gasteiger partial charge in [-0.25, -0.2) is 0 Å². The molecular weight excluding hydrogens is 236 g/mol. The van der Waals surface area contributed by atoms with E-state index in [2.05, 4.69) is 36.3 Å². The number of hydrogen-bond acceptors (Lipinski definition) is 2. The Hall–Kier alpha value is -1.61. The van der Waals surface area contributed by atoms with E-state index in [0.717, 1.165) is 41.5 Å². The van der Waals surface area contributed by atoms with E-state index in [1.807, 2.05) is 6.92 Å². The first-order valence-electron chi connectivity index (χ1n) is 6.95. The fourth-order valence-corrected chi connectivity index (χ4v) is 3.24. The van der Waals surface area contributed by atoms with Crippen LogP contribution in [-0.4, -0.2) is 23.4 Å². The molecule has 1 aliphatic heterocycles. The fraction of sp³-hybridized carbons (Fsp3) is 0.438. The molecule has 0 saturated carbocycles. The first-order chi connectivity index (χ1) is 9.08. The Labute approximate surface area is 113 Å². The Morgan fingerprint density at radius 1 is 1.26 bits per heavy atom. The van der Waals surface area contributed by atoms with Gasteiger partial charge in [0.25, 0.3) is 0 Å². The minimum absolute atomic E-state index is 0.00148. The Kier molecular flexibility index (Phi) is 2.94. The number of rotatable bonds is 2. The lowest BCUT2D eigenvalue weighted by Crippen LogP contribution is -2.31. The third-order valence-electron chi connectivity index (χ3n) is 4.05. The molecule has 0 amide bonds. The molecule has 1 atom stereocenters. The zero-order chi connectivity index (χ0) is 13.6. The molecule has 2 heterocycles. The fourth-order valence-electron chi connectivity index (χ4n) is 3.24. The number of aryl methyl sites for hydroxylation is 3. The van der Waals surface area contributed by atoms with Gasteiger partial charge < -0.3 is 10.3 Å². The molecule has 1 saturated heterocycles. The second-order valence-corrected chi connectivity index (χ2v) is 5.64. The third kappa shape index (κ3) is 1.98. The van der Waals surface area contributed by atoms with Crippen molar-refractivity contribution in [1.82, 2.24) is 10.3 Å². The van der Waals surface area contributed by atoms with E-state index in [1.54, 1.807) is 0 Å². The number of fused-ring (bicyclic) bond motifs is 1. The summed E-state index contributed by atoms with van der Waals surface area (Å²) in [4.78, 5) is 16.1. The van der Waals surface area contributed by atoms with Crippen LogP contribution in [0.2, 0.25) is 0 Å². The second-order valence-electron chi connectivity index (χ2n) is 5.64. The topological polar surface area (TPSA) is 44.9 Å². The van der Waals surface area contributed by atoms with Crippen molar-refractivity contribution in [2.45, 2.75) is 39.7 Å². The molecule has 19 heavy (non-hydrogen) atoms. The number of H-pyrrole nitrogens is 1. The number of ketones is 1. The number of carbonyl (C=O) groups is 1. The third-order valence-corrected chi connectivity index (χ3v) is 4.05. The van der Waals surface area contributed by atoms with E-state index in [0.29, 0.717) is 0 Å². The molecule has 0 spiro atoms. The van der Waals surface area contributed by atoms with Gasteiger partial charge in [0.2, 0.25) is 0 Å². The van der Waals surface area contributed by atoms with Crippen LogP contribution >= 0.6 is 0 Å². The molecule has 3 nitrogen and oxygen atoms in total. The van der Waals surface area contributed by atoms with Crippen LogP contribution < -0.4 is 5.32 Å². The van der Waals surface area contributed by atoms with E-state index in [-0.39, 0.29) is 11.8 Å². The molecule has 1 aliphatic rings. The van der Waals surface area contributed by atoms with E-state index < -0.39 is 0 Å². The summed E-state index contributed by atoms with van der Waals surface area (Å²) in [5.41, 5.74) is 5.36. The average Bonchev–Trinajstić information content (AvgIpc) is 2.94. The van der Waals surface area contributed by atoms with Gasteiger partial charge >= 0.3 is 0 Å². The van der Waals surface area contributed by atoms with Gasteiger partial charge in [-0.1, -0.05) is 6.07 Å². The number of hydrogen-bond donors (Lipinski definition) is 2. The van der Waals surface area contributed by atoms with Crippen LogP contribution in [-0.2, 0) is 0 Å². The van der Waals surface area contributed by atoms with Crippen molar-refractivity contribution in [2.75, 3.05) is 6.54 Å². The first-order valence-corrected chi connectivity index (χ1v) is 6.95. The van der Waals surface area contributed by atoms with Crippen molar-refractivity contribution in [3.05, 3.63) is 34.5 Å². The highest BCUT2D eigenvalue weighted by Gasteiger charge is 2.27. The number of aromatic amines is 1.